The van der Waals surface area contributed by atoms with Crippen LogP contribution in [0.2, 0.25) is 5.02 Å². The van der Waals surface area contributed by atoms with E-state index < -0.39 is 5.91 Å². The molecule has 1 amide bonds. The van der Waals surface area contributed by atoms with E-state index in [4.69, 9.17) is 16.3 Å². The molecule has 2 N–H and O–H groups in total. The van der Waals surface area contributed by atoms with Gasteiger partial charge in [-0.15, -0.1) is 0 Å². The zero-order chi connectivity index (χ0) is 20.1. The molecule has 0 atom stereocenters. The van der Waals surface area contributed by atoms with Gasteiger partial charge in [0.1, 0.15) is 11.4 Å². The molecule has 0 aliphatic heterocycles. The van der Waals surface area contributed by atoms with E-state index in [0.29, 0.717) is 27.7 Å². The molecule has 0 aliphatic carbocycles. The molecule has 142 valence electrons. The fourth-order valence-corrected chi connectivity index (χ4v) is 2.60. The fraction of sp³-hybridized carbons (Fsp3) is 0.100. The van der Waals surface area contributed by atoms with Crippen LogP contribution in [0.3, 0.4) is 0 Å². The number of rotatable bonds is 6. The molecule has 28 heavy (non-hydrogen) atoms. The van der Waals surface area contributed by atoms with Gasteiger partial charge in [-0.05, 0) is 55.5 Å². The van der Waals surface area contributed by atoms with Gasteiger partial charge in [0.05, 0.1) is 12.8 Å². The highest BCUT2D eigenvalue weighted by atomic mass is 35.5. The van der Waals surface area contributed by atoms with Gasteiger partial charge in [-0.2, -0.15) is 0 Å². The molecule has 0 aliphatic rings. The number of anilines is 3. The van der Waals surface area contributed by atoms with Crippen molar-refractivity contribution >= 4 is 40.6 Å². The van der Waals surface area contributed by atoms with Gasteiger partial charge in [-0.3, -0.25) is 9.59 Å². The second kappa shape index (κ2) is 8.49. The molecule has 1 heterocycles. The molecule has 0 saturated carbocycles. The lowest BCUT2D eigenvalue weighted by Gasteiger charge is -2.11. The Balaban J connectivity index is 1.76. The summed E-state index contributed by atoms with van der Waals surface area (Å²) < 4.78 is 5.22. The summed E-state index contributed by atoms with van der Waals surface area (Å²) in [5, 5.41) is 6.19. The van der Waals surface area contributed by atoms with E-state index in [2.05, 4.69) is 20.6 Å². The minimum absolute atomic E-state index is 0.0158. The average Bonchev–Trinajstić information content (AvgIpc) is 2.69. The number of methoxy groups -OCH3 is 1. The standard InChI is InChI=1S/C20H17ClN4O3/c1-12(26)13-3-6-15(7-4-13)23-20-22-10-9-16(25-20)19(27)24-17-11-14(21)5-8-18(17)28-2/h3-11H,1-2H3,(H,24,27)(H,22,23,25). The number of ketones is 1. The second-order valence-electron chi connectivity index (χ2n) is 5.82. The van der Waals surface area contributed by atoms with E-state index in [1.165, 1.54) is 26.3 Å². The Kier molecular flexibility index (Phi) is 5.86. The minimum atomic E-state index is -0.432. The Morgan fingerprint density at radius 3 is 2.50 bits per heavy atom. The highest BCUT2D eigenvalue weighted by molar-refractivity contribution is 6.31. The molecular weight excluding hydrogens is 380 g/mol. The number of ether oxygens (including phenoxy) is 1. The van der Waals surface area contributed by atoms with Crippen molar-refractivity contribution in [3.8, 4) is 5.75 Å². The van der Waals surface area contributed by atoms with E-state index >= 15 is 0 Å². The normalized spacial score (nSPS) is 10.2. The molecule has 3 rings (SSSR count). The Hall–Kier alpha value is -3.45. The van der Waals surface area contributed by atoms with Crippen LogP contribution in [0, 0.1) is 0 Å². The van der Waals surface area contributed by atoms with E-state index in [9.17, 15) is 9.59 Å². The van der Waals surface area contributed by atoms with Crippen LogP contribution in [-0.4, -0.2) is 28.8 Å². The quantitative estimate of drug-likeness (QED) is 0.602. The fourth-order valence-electron chi connectivity index (χ4n) is 2.43. The number of nitrogens with zero attached hydrogens (tertiary/aromatic N) is 2. The van der Waals surface area contributed by atoms with Crippen LogP contribution >= 0.6 is 11.6 Å². The first-order valence-corrected chi connectivity index (χ1v) is 8.70. The highest BCUT2D eigenvalue weighted by Gasteiger charge is 2.13. The summed E-state index contributed by atoms with van der Waals surface area (Å²) in [5.41, 5.74) is 1.90. The Morgan fingerprint density at radius 2 is 1.82 bits per heavy atom. The van der Waals surface area contributed by atoms with Gasteiger partial charge in [-0.1, -0.05) is 11.6 Å². The van der Waals surface area contributed by atoms with Gasteiger partial charge in [-0.25, -0.2) is 9.97 Å². The number of carbonyl (C=O) groups is 2. The first kappa shape index (κ1) is 19.3. The van der Waals surface area contributed by atoms with Gasteiger partial charge in [0, 0.05) is 22.5 Å². The zero-order valence-electron chi connectivity index (χ0n) is 15.2. The molecule has 0 spiro atoms. The Morgan fingerprint density at radius 1 is 1.07 bits per heavy atom. The van der Waals surface area contributed by atoms with Gasteiger partial charge < -0.3 is 15.4 Å². The van der Waals surface area contributed by atoms with Crippen LogP contribution in [0.5, 0.6) is 5.75 Å². The summed E-state index contributed by atoms with van der Waals surface area (Å²) in [6.07, 6.45) is 1.48. The Bertz CT molecular complexity index is 1020. The molecule has 3 aromatic rings. The molecule has 0 saturated heterocycles. The molecule has 0 radical (unpaired) electrons. The predicted molar refractivity (Wildman–Crippen MR) is 108 cm³/mol. The predicted octanol–water partition coefficient (Wildman–Crippen LogP) is 4.34. The number of hydrogen-bond donors (Lipinski definition) is 2. The van der Waals surface area contributed by atoms with Crippen molar-refractivity contribution in [2.45, 2.75) is 6.92 Å². The zero-order valence-corrected chi connectivity index (χ0v) is 15.9. The van der Waals surface area contributed by atoms with Crippen molar-refractivity contribution < 1.29 is 14.3 Å². The molecule has 8 heteroatoms. The van der Waals surface area contributed by atoms with E-state index in [1.54, 1.807) is 42.5 Å². The van der Waals surface area contributed by atoms with Crippen LogP contribution in [0.4, 0.5) is 17.3 Å². The maximum absolute atomic E-state index is 12.6. The number of amides is 1. The van der Waals surface area contributed by atoms with Gasteiger partial charge >= 0.3 is 0 Å². The molecular formula is C20H17ClN4O3. The summed E-state index contributed by atoms with van der Waals surface area (Å²) >= 11 is 5.99. The third-order valence-electron chi connectivity index (χ3n) is 3.85. The van der Waals surface area contributed by atoms with Crippen molar-refractivity contribution in [1.82, 2.24) is 9.97 Å². The van der Waals surface area contributed by atoms with Crippen LogP contribution in [0.15, 0.2) is 54.7 Å². The number of carbonyl (C=O) groups excluding carboxylic acids is 2. The van der Waals surface area contributed by atoms with Crippen LogP contribution in [-0.2, 0) is 0 Å². The second-order valence-corrected chi connectivity index (χ2v) is 6.26. The first-order chi connectivity index (χ1) is 13.5. The van der Waals surface area contributed by atoms with Gasteiger partial charge in [0.15, 0.2) is 5.78 Å². The van der Waals surface area contributed by atoms with Crippen molar-refractivity contribution in [2.24, 2.45) is 0 Å². The number of aromatic nitrogens is 2. The number of hydrogen-bond acceptors (Lipinski definition) is 6. The summed E-state index contributed by atoms with van der Waals surface area (Å²) in [4.78, 5) is 32.2. The third kappa shape index (κ3) is 4.63. The monoisotopic (exact) mass is 396 g/mol. The smallest absolute Gasteiger partial charge is 0.274 e. The van der Waals surface area contributed by atoms with Crippen molar-refractivity contribution in [1.29, 1.82) is 0 Å². The third-order valence-corrected chi connectivity index (χ3v) is 4.08. The summed E-state index contributed by atoms with van der Waals surface area (Å²) in [6, 6.07) is 13.3. The first-order valence-electron chi connectivity index (χ1n) is 8.32. The summed E-state index contributed by atoms with van der Waals surface area (Å²) in [6.45, 7) is 1.50. The largest absolute Gasteiger partial charge is 0.495 e. The van der Waals surface area contributed by atoms with Gasteiger partial charge in [0.2, 0.25) is 5.95 Å². The number of benzene rings is 2. The lowest BCUT2D eigenvalue weighted by molar-refractivity contribution is 0.101. The van der Waals surface area contributed by atoms with E-state index in [0.717, 1.165) is 0 Å². The molecule has 2 aromatic carbocycles. The van der Waals surface area contributed by atoms with Crippen LogP contribution in [0.1, 0.15) is 27.8 Å². The highest BCUT2D eigenvalue weighted by Crippen LogP contribution is 2.28. The maximum atomic E-state index is 12.6. The summed E-state index contributed by atoms with van der Waals surface area (Å²) in [5.74, 6) is 0.285. The molecule has 0 bridgehead atoms. The number of Topliss-reactive ketones (excluding diaryl/α,β-unsaturated/α-hetero) is 1. The topological polar surface area (TPSA) is 93.2 Å². The van der Waals surface area contributed by atoms with Gasteiger partial charge in [0.25, 0.3) is 5.91 Å². The van der Waals surface area contributed by atoms with Crippen molar-refractivity contribution in [2.75, 3.05) is 17.7 Å². The lowest BCUT2D eigenvalue weighted by Crippen LogP contribution is -2.15. The molecule has 1 aromatic heterocycles. The van der Waals surface area contributed by atoms with E-state index in [-0.39, 0.29) is 17.4 Å². The van der Waals surface area contributed by atoms with E-state index in [1.807, 2.05) is 0 Å². The Labute approximate surface area is 166 Å². The minimum Gasteiger partial charge on any atom is -0.495 e. The molecule has 0 unspecified atom stereocenters. The number of halogens is 1. The summed E-state index contributed by atoms with van der Waals surface area (Å²) in [7, 11) is 1.50. The average molecular weight is 397 g/mol. The molecule has 0 fully saturated rings. The van der Waals surface area contributed by atoms with Crippen molar-refractivity contribution in [3.05, 3.63) is 71.0 Å². The maximum Gasteiger partial charge on any atom is 0.274 e. The van der Waals surface area contributed by atoms with Crippen molar-refractivity contribution in [3.63, 3.8) is 0 Å². The molecule has 7 nitrogen and oxygen atoms in total. The lowest BCUT2D eigenvalue weighted by atomic mass is 10.1. The van der Waals surface area contributed by atoms with Crippen LogP contribution < -0.4 is 15.4 Å². The number of nitrogens with one attached hydrogen (secondary N) is 2. The SMILES string of the molecule is COc1ccc(Cl)cc1NC(=O)c1ccnc(Nc2ccc(C(C)=O)cc2)n1. The van der Waals surface area contributed by atoms with Crippen LogP contribution in [0.25, 0.3) is 0 Å².